The summed E-state index contributed by atoms with van der Waals surface area (Å²) in [5.74, 6) is 0. The average molecular weight is 292 g/mol. The van der Waals surface area contributed by atoms with E-state index >= 15 is 0 Å². The van der Waals surface area contributed by atoms with E-state index in [9.17, 15) is 5.26 Å². The van der Waals surface area contributed by atoms with Crippen molar-refractivity contribution in [1.29, 1.82) is 5.26 Å². The van der Waals surface area contributed by atoms with Crippen LogP contribution in [0.15, 0.2) is 42.6 Å². The first-order chi connectivity index (χ1) is 9.20. The van der Waals surface area contributed by atoms with E-state index in [1.54, 1.807) is 24.4 Å². The van der Waals surface area contributed by atoms with E-state index in [-0.39, 0.29) is 0 Å². The topological polar surface area (TPSA) is 48.7 Å². The molecule has 0 aliphatic rings. The summed E-state index contributed by atoms with van der Waals surface area (Å²) in [6.45, 7) is 0.513. The maximum absolute atomic E-state index is 9.21. The first-order valence-electron chi connectivity index (χ1n) is 5.68. The van der Waals surface area contributed by atoms with Crippen molar-refractivity contribution in [3.63, 3.8) is 0 Å². The average Bonchev–Trinajstić information content (AvgIpc) is 2.44. The molecule has 0 aliphatic carbocycles. The summed E-state index contributed by atoms with van der Waals surface area (Å²) >= 11 is 11.8. The fraction of sp³-hybridized carbons (Fsp3) is 0.143. The molecule has 0 saturated heterocycles. The Bertz CT molecular complexity index is 593. The van der Waals surface area contributed by atoms with Crippen LogP contribution in [0.1, 0.15) is 17.3 Å². The molecule has 2 rings (SSSR count). The third-order valence-corrected chi connectivity index (χ3v) is 3.36. The molecule has 1 aromatic carbocycles. The van der Waals surface area contributed by atoms with E-state index < -0.39 is 6.04 Å². The van der Waals surface area contributed by atoms with Crippen molar-refractivity contribution in [2.75, 3.05) is 0 Å². The molecule has 5 heteroatoms. The Morgan fingerprint density at radius 3 is 2.68 bits per heavy atom. The molecular formula is C14H11Cl2N3. The summed E-state index contributed by atoms with van der Waals surface area (Å²) in [6, 6.07) is 12.6. The third-order valence-electron chi connectivity index (χ3n) is 2.62. The third kappa shape index (κ3) is 3.68. The second kappa shape index (κ2) is 6.53. The lowest BCUT2D eigenvalue weighted by molar-refractivity contribution is 0.621. The monoisotopic (exact) mass is 291 g/mol. The number of hydrogen-bond donors (Lipinski definition) is 1. The number of pyridine rings is 1. The molecule has 0 amide bonds. The Kier molecular flexibility index (Phi) is 4.75. The van der Waals surface area contributed by atoms with E-state index in [0.717, 1.165) is 11.3 Å². The van der Waals surface area contributed by atoms with Crippen molar-refractivity contribution in [3.05, 3.63) is 63.9 Å². The number of hydrogen-bond acceptors (Lipinski definition) is 3. The van der Waals surface area contributed by atoms with Gasteiger partial charge in [-0.25, -0.2) is 0 Å². The summed E-state index contributed by atoms with van der Waals surface area (Å²) in [5, 5.41) is 13.3. The number of aromatic nitrogens is 1. The molecule has 0 spiro atoms. The summed E-state index contributed by atoms with van der Waals surface area (Å²) in [6.07, 6.45) is 1.72. The van der Waals surface area contributed by atoms with Gasteiger partial charge in [-0.05, 0) is 29.8 Å². The zero-order chi connectivity index (χ0) is 13.7. The zero-order valence-corrected chi connectivity index (χ0v) is 11.5. The molecule has 0 saturated carbocycles. The summed E-state index contributed by atoms with van der Waals surface area (Å²) in [7, 11) is 0. The highest BCUT2D eigenvalue weighted by molar-refractivity contribution is 6.42. The largest absolute Gasteiger partial charge is 0.293 e. The van der Waals surface area contributed by atoms with Crippen molar-refractivity contribution in [3.8, 4) is 6.07 Å². The number of benzene rings is 1. The molecule has 0 bridgehead atoms. The number of nitrogens with zero attached hydrogens (tertiary/aromatic N) is 2. The van der Waals surface area contributed by atoms with Crippen LogP contribution < -0.4 is 5.32 Å². The molecule has 19 heavy (non-hydrogen) atoms. The van der Waals surface area contributed by atoms with Gasteiger partial charge >= 0.3 is 0 Å². The first kappa shape index (κ1) is 13.8. The van der Waals surface area contributed by atoms with Gasteiger partial charge in [-0.1, -0.05) is 35.3 Å². The Morgan fingerprint density at radius 1 is 1.21 bits per heavy atom. The van der Waals surface area contributed by atoms with Crippen LogP contribution in [0.25, 0.3) is 0 Å². The van der Waals surface area contributed by atoms with E-state index in [4.69, 9.17) is 23.2 Å². The maximum Gasteiger partial charge on any atom is 0.121 e. The van der Waals surface area contributed by atoms with Gasteiger partial charge in [0.2, 0.25) is 0 Å². The first-order valence-corrected chi connectivity index (χ1v) is 6.44. The highest BCUT2D eigenvalue weighted by Crippen LogP contribution is 2.25. The van der Waals surface area contributed by atoms with Crippen molar-refractivity contribution < 1.29 is 0 Å². The predicted molar refractivity (Wildman–Crippen MR) is 75.9 cm³/mol. The minimum Gasteiger partial charge on any atom is -0.293 e. The van der Waals surface area contributed by atoms with Crippen molar-refractivity contribution in [1.82, 2.24) is 10.3 Å². The number of nitriles is 1. The summed E-state index contributed by atoms with van der Waals surface area (Å²) < 4.78 is 0. The van der Waals surface area contributed by atoms with Crippen LogP contribution in [-0.2, 0) is 6.54 Å². The van der Waals surface area contributed by atoms with Gasteiger partial charge < -0.3 is 0 Å². The zero-order valence-electron chi connectivity index (χ0n) is 9.98. The normalized spacial score (nSPS) is 11.8. The van der Waals surface area contributed by atoms with Gasteiger partial charge in [0.15, 0.2) is 0 Å². The molecule has 1 heterocycles. The van der Waals surface area contributed by atoms with Gasteiger partial charge in [-0.3, -0.25) is 10.3 Å². The molecule has 3 nitrogen and oxygen atoms in total. The summed E-state index contributed by atoms with van der Waals surface area (Å²) in [5.41, 5.74) is 1.66. The van der Waals surface area contributed by atoms with Gasteiger partial charge in [0.05, 0.1) is 21.8 Å². The Morgan fingerprint density at radius 2 is 2.05 bits per heavy atom. The smallest absolute Gasteiger partial charge is 0.121 e. The highest BCUT2D eigenvalue weighted by atomic mass is 35.5. The summed E-state index contributed by atoms with van der Waals surface area (Å²) in [4.78, 5) is 4.19. The standard InChI is InChI=1S/C14H11Cl2N3/c15-12-5-4-10(7-13(12)16)14(8-17)19-9-11-3-1-2-6-18-11/h1-7,14,19H,9H2. The molecule has 0 radical (unpaired) electrons. The minimum atomic E-state index is -0.447. The number of halogens is 2. The number of nitrogens with one attached hydrogen (secondary N) is 1. The molecular weight excluding hydrogens is 281 g/mol. The fourth-order valence-corrected chi connectivity index (χ4v) is 1.95. The Balaban J connectivity index is 2.08. The van der Waals surface area contributed by atoms with Crippen molar-refractivity contribution in [2.24, 2.45) is 0 Å². The second-order valence-corrected chi connectivity index (χ2v) is 4.75. The lowest BCUT2D eigenvalue weighted by atomic mass is 10.1. The van der Waals surface area contributed by atoms with Crippen molar-refractivity contribution in [2.45, 2.75) is 12.6 Å². The predicted octanol–water partition coefficient (Wildman–Crippen LogP) is 3.74. The minimum absolute atomic E-state index is 0.444. The molecule has 1 atom stereocenters. The second-order valence-electron chi connectivity index (χ2n) is 3.94. The molecule has 0 aliphatic heterocycles. The van der Waals surface area contributed by atoms with Crippen molar-refractivity contribution >= 4 is 23.2 Å². The molecule has 0 fully saturated rings. The van der Waals surface area contributed by atoms with E-state index in [1.165, 1.54) is 0 Å². The van der Waals surface area contributed by atoms with Crippen LogP contribution in [0.4, 0.5) is 0 Å². The fourth-order valence-electron chi connectivity index (χ4n) is 1.64. The lowest BCUT2D eigenvalue weighted by Crippen LogP contribution is -2.20. The van der Waals surface area contributed by atoms with Gasteiger partial charge in [-0.15, -0.1) is 0 Å². The number of rotatable bonds is 4. The van der Waals surface area contributed by atoms with Crippen LogP contribution in [0.3, 0.4) is 0 Å². The van der Waals surface area contributed by atoms with E-state index in [2.05, 4.69) is 16.4 Å². The quantitative estimate of drug-likeness (QED) is 0.933. The molecule has 1 N–H and O–H groups in total. The van der Waals surface area contributed by atoms with Gasteiger partial charge in [0.25, 0.3) is 0 Å². The molecule has 2 aromatic rings. The van der Waals surface area contributed by atoms with Crippen LogP contribution in [-0.4, -0.2) is 4.98 Å². The van der Waals surface area contributed by atoms with Gasteiger partial charge in [0.1, 0.15) is 6.04 Å². The van der Waals surface area contributed by atoms with Crippen LogP contribution >= 0.6 is 23.2 Å². The van der Waals surface area contributed by atoms with E-state index in [0.29, 0.717) is 16.6 Å². The lowest BCUT2D eigenvalue weighted by Gasteiger charge is -2.12. The Hall–Kier alpha value is -1.60. The van der Waals surface area contributed by atoms with Gasteiger partial charge in [0, 0.05) is 12.7 Å². The van der Waals surface area contributed by atoms with E-state index in [1.807, 2.05) is 18.2 Å². The molecule has 96 valence electrons. The molecule has 1 aromatic heterocycles. The molecule has 1 unspecified atom stereocenters. The van der Waals surface area contributed by atoms with Gasteiger partial charge in [-0.2, -0.15) is 5.26 Å². The van der Waals surface area contributed by atoms with Crippen LogP contribution in [0.5, 0.6) is 0 Å². The SMILES string of the molecule is N#CC(NCc1ccccn1)c1ccc(Cl)c(Cl)c1. The maximum atomic E-state index is 9.21. The van der Waals surface area contributed by atoms with Crippen LogP contribution in [0, 0.1) is 11.3 Å². The highest BCUT2D eigenvalue weighted by Gasteiger charge is 2.11. The Labute approximate surface area is 121 Å². The van der Waals surface area contributed by atoms with Crippen LogP contribution in [0.2, 0.25) is 10.0 Å².